The van der Waals surface area contributed by atoms with Gasteiger partial charge in [-0.1, -0.05) is 26.7 Å². The fraction of sp³-hybridized carbons (Fsp3) is 1.00. The topological polar surface area (TPSA) is 68.9 Å². The molecule has 0 amide bonds. The van der Waals surface area contributed by atoms with E-state index in [1.54, 1.807) is 9.80 Å². The van der Waals surface area contributed by atoms with Gasteiger partial charge < -0.3 is 20.8 Å². The lowest BCUT2D eigenvalue weighted by molar-refractivity contribution is -0.884. The summed E-state index contributed by atoms with van der Waals surface area (Å²) in [6, 6.07) is 0. The number of rotatable bonds is 1. The van der Waals surface area contributed by atoms with Crippen LogP contribution in [0.1, 0.15) is 65.2 Å². The summed E-state index contributed by atoms with van der Waals surface area (Å²) < 4.78 is 0. The summed E-state index contributed by atoms with van der Waals surface area (Å²) >= 11 is 0. The predicted octanol–water partition coefficient (Wildman–Crippen LogP) is 0.823. The van der Waals surface area contributed by atoms with Gasteiger partial charge in [0.25, 0.3) is 0 Å². The molecule has 126 valence electrons. The van der Waals surface area contributed by atoms with Crippen LogP contribution in [0.2, 0.25) is 0 Å². The monoisotopic (exact) mass is 292 g/mol. The molecule has 0 aromatic carbocycles. The van der Waals surface area contributed by atoms with Crippen molar-refractivity contribution in [3.63, 3.8) is 0 Å². The Bertz CT molecular complexity index is 139. The highest BCUT2D eigenvalue weighted by atomic mass is 16.0. The maximum absolute atomic E-state index is 2.28. The molecule has 20 heavy (non-hydrogen) atoms. The van der Waals surface area contributed by atoms with E-state index in [-0.39, 0.29) is 11.0 Å². The molecule has 4 N–H and O–H groups in total. The minimum atomic E-state index is 0. The third kappa shape index (κ3) is 17.8. The molecule has 0 aromatic rings. The van der Waals surface area contributed by atoms with E-state index in [0.29, 0.717) is 0 Å². The van der Waals surface area contributed by atoms with Crippen LogP contribution >= 0.6 is 0 Å². The van der Waals surface area contributed by atoms with Gasteiger partial charge in [-0.05, 0) is 38.5 Å². The molecular weight excluding hydrogens is 252 g/mol. The second-order valence-corrected chi connectivity index (χ2v) is 6.04. The van der Waals surface area contributed by atoms with Crippen LogP contribution in [-0.2, 0) is 0 Å². The van der Waals surface area contributed by atoms with Crippen LogP contribution in [0.3, 0.4) is 0 Å². The number of likely N-dealkylation sites (tertiary alicyclic amines) is 2. The fourth-order valence-electron chi connectivity index (χ4n) is 2.31. The van der Waals surface area contributed by atoms with Crippen molar-refractivity contribution in [2.24, 2.45) is 0 Å². The van der Waals surface area contributed by atoms with Crippen molar-refractivity contribution in [2.75, 3.05) is 40.3 Å². The number of nitrogens with one attached hydrogen (secondary N) is 2. The maximum Gasteiger partial charge on any atom is 0.0768 e. The van der Waals surface area contributed by atoms with E-state index in [1.807, 2.05) is 0 Å². The highest BCUT2D eigenvalue weighted by Crippen LogP contribution is 1.93. The van der Waals surface area contributed by atoms with E-state index in [9.17, 15) is 0 Å². The maximum atomic E-state index is 2.28. The number of quaternary nitrogens is 2. The lowest BCUT2D eigenvalue weighted by Gasteiger charge is -2.17. The predicted molar refractivity (Wildman–Crippen MR) is 85.4 cm³/mol. The van der Waals surface area contributed by atoms with Crippen LogP contribution in [0.25, 0.3) is 0 Å². The van der Waals surface area contributed by atoms with Gasteiger partial charge in [-0.2, -0.15) is 0 Å². The Morgan fingerprint density at radius 3 is 0.900 bits per heavy atom. The molecule has 0 radical (unpaired) electrons. The van der Waals surface area contributed by atoms with Gasteiger partial charge in [-0.3, -0.25) is 0 Å². The lowest BCUT2D eigenvalue weighted by atomic mass is 10.1. The zero-order valence-electron chi connectivity index (χ0n) is 14.4. The van der Waals surface area contributed by atoms with Gasteiger partial charge in [0, 0.05) is 0 Å². The summed E-state index contributed by atoms with van der Waals surface area (Å²) in [5, 5.41) is 0. The molecule has 0 unspecified atom stereocenters. The van der Waals surface area contributed by atoms with Crippen LogP contribution in [0.4, 0.5) is 0 Å². The third-order valence-corrected chi connectivity index (χ3v) is 3.91. The molecule has 0 aliphatic carbocycles. The Labute approximate surface area is 127 Å². The minimum Gasteiger partial charge on any atom is -0.870 e. The Morgan fingerprint density at radius 2 is 0.800 bits per heavy atom. The van der Waals surface area contributed by atoms with Gasteiger partial charge >= 0.3 is 0 Å². The van der Waals surface area contributed by atoms with Crippen molar-refractivity contribution in [1.82, 2.24) is 0 Å². The number of unbranched alkanes of at least 4 members (excludes halogenated alkanes) is 1. The SMILES string of the molecule is CCCC.C[NH+]1CCCCC1.C[NH+]1CCCCC1.[OH-].[OH-]. The molecule has 2 heterocycles. The zero-order chi connectivity index (χ0) is 13.6. The van der Waals surface area contributed by atoms with Gasteiger partial charge in [-0.15, -0.1) is 0 Å². The molecule has 2 fully saturated rings. The molecule has 0 bridgehead atoms. The van der Waals surface area contributed by atoms with Crippen molar-refractivity contribution in [2.45, 2.75) is 65.2 Å². The largest absolute Gasteiger partial charge is 0.870 e. The summed E-state index contributed by atoms with van der Waals surface area (Å²) in [5.41, 5.74) is 0. The van der Waals surface area contributed by atoms with Crippen LogP contribution in [-0.4, -0.2) is 51.2 Å². The first-order valence-corrected chi connectivity index (χ1v) is 8.33. The van der Waals surface area contributed by atoms with Crippen LogP contribution in [0.5, 0.6) is 0 Å². The third-order valence-electron chi connectivity index (χ3n) is 3.91. The standard InChI is InChI=1S/2C6H13N.C4H10.2H2O/c2*1-7-5-3-2-4-6-7;1-3-4-2;;/h2*2-6H2,1H3;3-4H2,1-2H3;2*1H2. The number of hydrogen-bond donors (Lipinski definition) is 2. The minimum absolute atomic E-state index is 0. The lowest BCUT2D eigenvalue weighted by Crippen LogP contribution is -3.09. The van der Waals surface area contributed by atoms with Gasteiger partial charge in [0.15, 0.2) is 0 Å². The molecule has 0 spiro atoms. The first kappa shape index (κ1) is 24.8. The van der Waals surface area contributed by atoms with E-state index in [4.69, 9.17) is 0 Å². The highest BCUT2D eigenvalue weighted by molar-refractivity contribution is 4.43. The Morgan fingerprint density at radius 1 is 0.550 bits per heavy atom. The van der Waals surface area contributed by atoms with E-state index in [2.05, 4.69) is 27.9 Å². The molecule has 4 heteroatoms. The first-order chi connectivity index (χ1) is 8.70. The van der Waals surface area contributed by atoms with Gasteiger partial charge in [0.2, 0.25) is 0 Å². The fourth-order valence-corrected chi connectivity index (χ4v) is 2.31. The van der Waals surface area contributed by atoms with Crippen LogP contribution in [0, 0.1) is 0 Å². The summed E-state index contributed by atoms with van der Waals surface area (Å²) in [6.45, 7) is 9.97. The second kappa shape index (κ2) is 18.8. The average molecular weight is 293 g/mol. The molecule has 2 rings (SSSR count). The Balaban J connectivity index is -0.000000215. The Hall–Kier alpha value is -0.160. The van der Waals surface area contributed by atoms with E-state index >= 15 is 0 Å². The molecule has 2 saturated heterocycles. The average Bonchev–Trinajstić information content (AvgIpc) is 2.41. The summed E-state index contributed by atoms with van der Waals surface area (Å²) in [6.07, 6.45) is 11.4. The highest BCUT2D eigenvalue weighted by Gasteiger charge is 2.06. The van der Waals surface area contributed by atoms with Crippen molar-refractivity contribution < 1.29 is 20.8 Å². The quantitative estimate of drug-likeness (QED) is 0.751. The number of piperidine rings is 2. The normalized spacial score (nSPS) is 19.2. The van der Waals surface area contributed by atoms with E-state index in [0.717, 1.165) is 0 Å². The molecule has 0 atom stereocenters. The molecule has 0 saturated carbocycles. The van der Waals surface area contributed by atoms with Crippen molar-refractivity contribution in [1.29, 1.82) is 0 Å². The zero-order valence-corrected chi connectivity index (χ0v) is 14.4. The molecular formula is C16H40N2O2. The van der Waals surface area contributed by atoms with Gasteiger partial charge in [0.05, 0.1) is 40.3 Å². The molecule has 0 aromatic heterocycles. The van der Waals surface area contributed by atoms with Crippen molar-refractivity contribution in [3.8, 4) is 0 Å². The van der Waals surface area contributed by atoms with Crippen molar-refractivity contribution >= 4 is 0 Å². The van der Waals surface area contributed by atoms with Gasteiger partial charge in [0.1, 0.15) is 0 Å². The van der Waals surface area contributed by atoms with E-state index < -0.39 is 0 Å². The van der Waals surface area contributed by atoms with Crippen LogP contribution < -0.4 is 9.80 Å². The second-order valence-electron chi connectivity index (χ2n) is 6.04. The summed E-state index contributed by atoms with van der Waals surface area (Å²) in [5.74, 6) is 0. The van der Waals surface area contributed by atoms with Crippen molar-refractivity contribution in [3.05, 3.63) is 0 Å². The molecule has 4 nitrogen and oxygen atoms in total. The molecule has 2 aliphatic rings. The van der Waals surface area contributed by atoms with E-state index in [1.165, 1.54) is 77.5 Å². The number of hydrogen-bond acceptors (Lipinski definition) is 2. The Kier molecular flexibility index (Phi) is 23.4. The summed E-state index contributed by atoms with van der Waals surface area (Å²) in [7, 11) is 4.55. The molecule has 2 aliphatic heterocycles. The first-order valence-electron chi connectivity index (χ1n) is 8.33. The summed E-state index contributed by atoms with van der Waals surface area (Å²) in [4.78, 5) is 3.43. The van der Waals surface area contributed by atoms with Gasteiger partial charge in [-0.25, -0.2) is 0 Å². The smallest absolute Gasteiger partial charge is 0.0768 e. The van der Waals surface area contributed by atoms with Crippen LogP contribution in [0.15, 0.2) is 0 Å².